The highest BCUT2D eigenvalue weighted by Gasteiger charge is 2.50. The highest BCUT2D eigenvalue weighted by molar-refractivity contribution is 5.85. The van der Waals surface area contributed by atoms with Gasteiger partial charge in [-0.25, -0.2) is 9.59 Å². The number of alkyl carbamates (subject to hydrolysis) is 1. The Hall–Kier alpha value is -3.35. The molecule has 2 fully saturated rings. The lowest BCUT2D eigenvalue weighted by atomic mass is 9.71. The van der Waals surface area contributed by atoms with Crippen LogP contribution >= 0.6 is 0 Å². The van der Waals surface area contributed by atoms with E-state index in [0.717, 1.165) is 12.8 Å². The molecule has 5 rings (SSSR count). The van der Waals surface area contributed by atoms with Gasteiger partial charge >= 0.3 is 12.1 Å². The fourth-order valence-electron chi connectivity index (χ4n) is 6.18. The van der Waals surface area contributed by atoms with E-state index < -0.39 is 18.1 Å². The van der Waals surface area contributed by atoms with Crippen molar-refractivity contribution >= 4 is 18.0 Å². The maximum Gasteiger partial charge on any atom is 0.407 e. The lowest BCUT2D eigenvalue weighted by Crippen LogP contribution is -2.50. The minimum Gasteiger partial charge on any atom is -0.480 e. The molecule has 2 amide bonds. The summed E-state index contributed by atoms with van der Waals surface area (Å²) < 4.78 is 5.68. The van der Waals surface area contributed by atoms with Crippen LogP contribution in [0.2, 0.25) is 0 Å². The molecule has 3 aliphatic carbocycles. The molecule has 184 valence electrons. The molecule has 0 radical (unpaired) electrons. The zero-order valence-electron chi connectivity index (χ0n) is 20.1. The van der Waals surface area contributed by atoms with Crippen LogP contribution in [-0.2, 0) is 14.3 Å². The van der Waals surface area contributed by atoms with Crippen molar-refractivity contribution < 1.29 is 24.2 Å². The van der Waals surface area contributed by atoms with E-state index in [9.17, 15) is 19.5 Å². The van der Waals surface area contributed by atoms with E-state index in [0.29, 0.717) is 12.3 Å². The van der Waals surface area contributed by atoms with Crippen LogP contribution in [0.15, 0.2) is 48.5 Å². The molecule has 7 heteroatoms. The number of rotatable bonds is 7. The summed E-state index contributed by atoms with van der Waals surface area (Å²) in [5, 5.41) is 15.1. The molecule has 35 heavy (non-hydrogen) atoms. The molecule has 1 unspecified atom stereocenters. The number of nitrogens with one attached hydrogen (secondary N) is 2. The predicted octanol–water partition coefficient (Wildman–Crippen LogP) is 4.17. The topological polar surface area (TPSA) is 105 Å². The minimum absolute atomic E-state index is 0.00572. The van der Waals surface area contributed by atoms with Crippen molar-refractivity contribution in [3.05, 3.63) is 59.7 Å². The second kappa shape index (κ2) is 9.36. The van der Waals surface area contributed by atoms with Crippen LogP contribution in [0.5, 0.6) is 0 Å². The van der Waals surface area contributed by atoms with Gasteiger partial charge in [-0.15, -0.1) is 0 Å². The average Bonchev–Trinajstić information content (AvgIpc) is 3.34. The number of hydrogen-bond acceptors (Lipinski definition) is 4. The summed E-state index contributed by atoms with van der Waals surface area (Å²) in [5.41, 5.74) is 4.74. The van der Waals surface area contributed by atoms with E-state index in [-0.39, 0.29) is 42.2 Å². The highest BCUT2D eigenvalue weighted by atomic mass is 16.5. The van der Waals surface area contributed by atoms with Crippen molar-refractivity contribution in [3.63, 3.8) is 0 Å². The third-order valence-corrected chi connectivity index (χ3v) is 8.07. The Labute approximate surface area is 205 Å². The molecule has 0 saturated heterocycles. The SMILES string of the molecule is CC(C)[C@H](NC(=O)C1C[C@@H]2C[C@H](NC(=O)OCC3c4ccccc4-c4ccccc43)[C@@H]2C1)C(=O)O. The van der Waals surface area contributed by atoms with Crippen molar-refractivity contribution in [1.29, 1.82) is 0 Å². The Morgan fingerprint density at radius 2 is 1.60 bits per heavy atom. The number of carboxylic acids is 1. The standard InChI is InChI=1S/C28H32N2O5/c1-15(2)25(27(32)33)30-26(31)17-11-16-13-24(22(16)12-17)29-28(34)35-14-23-20-9-5-3-7-18(20)19-8-4-6-10-21(19)23/h3-10,15-17,22-25H,11-14H2,1-2H3,(H,29,34)(H,30,31)(H,32,33)/t16-,17?,22-,24+,25+/m1/s1. The van der Waals surface area contributed by atoms with Crippen LogP contribution in [0.25, 0.3) is 11.1 Å². The first kappa shape index (κ1) is 23.4. The van der Waals surface area contributed by atoms with Gasteiger partial charge in [-0.3, -0.25) is 4.79 Å². The van der Waals surface area contributed by atoms with Crippen LogP contribution in [0, 0.1) is 23.7 Å². The Bertz CT molecular complexity index is 1100. The first-order chi connectivity index (χ1) is 16.8. The zero-order valence-corrected chi connectivity index (χ0v) is 20.1. The van der Waals surface area contributed by atoms with Crippen LogP contribution in [-0.4, -0.2) is 41.8 Å². The van der Waals surface area contributed by atoms with E-state index in [4.69, 9.17) is 4.74 Å². The number of amides is 2. The normalized spacial score (nSPS) is 25.1. The molecule has 0 aromatic heterocycles. The molecule has 2 aromatic rings. The number of hydrogen-bond donors (Lipinski definition) is 3. The van der Waals surface area contributed by atoms with Crippen LogP contribution in [0.4, 0.5) is 4.79 Å². The second-order valence-corrected chi connectivity index (χ2v) is 10.5. The van der Waals surface area contributed by atoms with Crippen LogP contribution < -0.4 is 10.6 Å². The fraction of sp³-hybridized carbons (Fsp3) is 0.464. The number of carbonyl (C=O) groups is 3. The maximum absolute atomic E-state index is 12.7. The Balaban J connectivity index is 1.14. The van der Waals surface area contributed by atoms with Crippen LogP contribution in [0.3, 0.4) is 0 Å². The van der Waals surface area contributed by atoms with E-state index in [1.807, 2.05) is 24.3 Å². The lowest BCUT2D eigenvalue weighted by molar-refractivity contribution is -0.143. The number of carboxylic acid groups (broad SMARTS) is 1. The quantitative estimate of drug-likeness (QED) is 0.557. The Kier molecular flexibility index (Phi) is 6.26. The molecular weight excluding hydrogens is 444 g/mol. The number of ether oxygens (including phenoxy) is 1. The van der Waals surface area contributed by atoms with Gasteiger partial charge in [0.15, 0.2) is 0 Å². The molecular formula is C28H32N2O5. The van der Waals surface area contributed by atoms with Gasteiger partial charge in [0, 0.05) is 17.9 Å². The number of fused-ring (bicyclic) bond motifs is 4. The van der Waals surface area contributed by atoms with E-state index in [1.165, 1.54) is 22.3 Å². The van der Waals surface area contributed by atoms with Gasteiger partial charge < -0.3 is 20.5 Å². The van der Waals surface area contributed by atoms with Gasteiger partial charge in [0.05, 0.1) is 0 Å². The number of benzene rings is 2. The highest BCUT2D eigenvalue weighted by Crippen LogP contribution is 2.50. The maximum atomic E-state index is 12.7. The summed E-state index contributed by atoms with van der Waals surface area (Å²) in [6.07, 6.45) is 1.80. The predicted molar refractivity (Wildman–Crippen MR) is 131 cm³/mol. The molecule has 0 bridgehead atoms. The molecule has 0 aliphatic heterocycles. The fourth-order valence-corrected chi connectivity index (χ4v) is 6.18. The summed E-state index contributed by atoms with van der Waals surface area (Å²) in [6, 6.07) is 15.6. The van der Waals surface area contributed by atoms with Gasteiger partial charge in [0.2, 0.25) is 5.91 Å². The third-order valence-electron chi connectivity index (χ3n) is 8.07. The first-order valence-electron chi connectivity index (χ1n) is 12.5. The monoisotopic (exact) mass is 476 g/mol. The van der Waals surface area contributed by atoms with Crippen molar-refractivity contribution in [2.75, 3.05) is 6.61 Å². The lowest BCUT2D eigenvalue weighted by Gasteiger charge is -2.40. The third kappa shape index (κ3) is 4.40. The summed E-state index contributed by atoms with van der Waals surface area (Å²) in [7, 11) is 0. The summed E-state index contributed by atoms with van der Waals surface area (Å²) in [5.74, 6) is -0.965. The molecule has 0 heterocycles. The second-order valence-electron chi connectivity index (χ2n) is 10.5. The van der Waals surface area contributed by atoms with Gasteiger partial charge in [-0.1, -0.05) is 62.4 Å². The zero-order chi connectivity index (χ0) is 24.7. The van der Waals surface area contributed by atoms with Crippen molar-refractivity contribution in [2.24, 2.45) is 23.7 Å². The summed E-state index contributed by atoms with van der Waals surface area (Å²) in [4.78, 5) is 36.7. The molecule has 5 atom stereocenters. The van der Waals surface area contributed by atoms with Crippen molar-refractivity contribution in [3.8, 4) is 11.1 Å². The molecule has 2 saturated carbocycles. The summed E-state index contributed by atoms with van der Waals surface area (Å²) >= 11 is 0. The first-order valence-corrected chi connectivity index (χ1v) is 12.5. The van der Waals surface area contributed by atoms with Gasteiger partial charge in [-0.2, -0.15) is 0 Å². The largest absolute Gasteiger partial charge is 0.480 e. The van der Waals surface area contributed by atoms with Crippen molar-refractivity contribution in [1.82, 2.24) is 10.6 Å². The van der Waals surface area contributed by atoms with E-state index >= 15 is 0 Å². The molecule has 7 nitrogen and oxygen atoms in total. The van der Waals surface area contributed by atoms with Gasteiger partial charge in [0.1, 0.15) is 12.6 Å². The average molecular weight is 477 g/mol. The Morgan fingerprint density at radius 3 is 2.20 bits per heavy atom. The number of carbonyl (C=O) groups excluding carboxylic acids is 2. The molecule has 3 aliphatic rings. The van der Waals surface area contributed by atoms with E-state index in [2.05, 4.69) is 34.9 Å². The minimum atomic E-state index is -1.01. The van der Waals surface area contributed by atoms with Gasteiger partial charge in [0.25, 0.3) is 0 Å². The Morgan fingerprint density at radius 1 is 0.971 bits per heavy atom. The van der Waals surface area contributed by atoms with Gasteiger partial charge in [-0.05, 0) is 59.3 Å². The molecule has 2 aromatic carbocycles. The smallest absolute Gasteiger partial charge is 0.407 e. The molecule has 3 N–H and O–H groups in total. The van der Waals surface area contributed by atoms with Crippen LogP contribution in [0.1, 0.15) is 50.2 Å². The molecule has 0 spiro atoms. The van der Waals surface area contributed by atoms with Crippen molar-refractivity contribution in [2.45, 2.75) is 51.1 Å². The number of aliphatic carboxylic acids is 1. The van der Waals surface area contributed by atoms with E-state index in [1.54, 1.807) is 13.8 Å². The summed E-state index contributed by atoms with van der Waals surface area (Å²) in [6.45, 7) is 3.84.